The van der Waals surface area contributed by atoms with Crippen LogP contribution in [0.25, 0.3) is 0 Å². The number of amides is 1. The molecule has 0 unspecified atom stereocenters. The average Bonchev–Trinajstić information content (AvgIpc) is 2.36. The number of piperidine rings is 1. The van der Waals surface area contributed by atoms with Crippen molar-refractivity contribution >= 4 is 12.0 Å². The number of likely N-dealkylation sites (tertiary alicyclic amines) is 1. The van der Waals surface area contributed by atoms with Gasteiger partial charge in [-0.25, -0.2) is 14.8 Å². The Labute approximate surface area is 119 Å². The second kappa shape index (κ2) is 6.07. The molecule has 2 heterocycles. The Balaban J connectivity index is 1.99. The van der Waals surface area contributed by atoms with Crippen LogP contribution in [0.5, 0.6) is 0 Å². The first-order chi connectivity index (χ1) is 9.45. The van der Waals surface area contributed by atoms with Crippen molar-refractivity contribution in [3.63, 3.8) is 0 Å². The van der Waals surface area contributed by atoms with Crippen LogP contribution in [0.2, 0.25) is 0 Å². The summed E-state index contributed by atoms with van der Waals surface area (Å²) in [5.74, 6) is 1.01. The van der Waals surface area contributed by atoms with E-state index in [4.69, 9.17) is 0 Å². The first-order valence-corrected chi connectivity index (χ1v) is 7.01. The highest BCUT2D eigenvalue weighted by molar-refractivity contribution is 5.65. The van der Waals surface area contributed by atoms with E-state index in [9.17, 15) is 9.90 Å². The fourth-order valence-corrected chi connectivity index (χ4v) is 2.67. The Morgan fingerprint density at radius 3 is 2.65 bits per heavy atom. The molecule has 1 aliphatic heterocycles. The molecule has 0 spiro atoms. The summed E-state index contributed by atoms with van der Waals surface area (Å²) in [7, 11) is 0. The van der Waals surface area contributed by atoms with Gasteiger partial charge in [0.05, 0.1) is 6.04 Å². The third-order valence-corrected chi connectivity index (χ3v) is 3.67. The quantitative estimate of drug-likeness (QED) is 0.887. The Bertz CT molecular complexity index is 472. The van der Waals surface area contributed by atoms with Gasteiger partial charge in [0.25, 0.3) is 0 Å². The zero-order valence-corrected chi connectivity index (χ0v) is 12.3. The van der Waals surface area contributed by atoms with Crippen LogP contribution in [0.15, 0.2) is 6.07 Å². The lowest BCUT2D eigenvalue weighted by Crippen LogP contribution is -2.48. The molecule has 1 amide bonds. The third-order valence-electron chi connectivity index (χ3n) is 3.67. The van der Waals surface area contributed by atoms with Gasteiger partial charge in [0.15, 0.2) is 0 Å². The van der Waals surface area contributed by atoms with Crippen LogP contribution in [0.4, 0.5) is 10.7 Å². The minimum Gasteiger partial charge on any atom is -0.465 e. The predicted octanol–water partition coefficient (Wildman–Crippen LogP) is 2.28. The Morgan fingerprint density at radius 1 is 1.40 bits per heavy atom. The maximum absolute atomic E-state index is 11.3. The van der Waals surface area contributed by atoms with E-state index in [1.165, 1.54) is 4.90 Å². The molecule has 1 aliphatic rings. The molecule has 1 aromatic rings. The molecule has 2 atom stereocenters. The van der Waals surface area contributed by atoms with E-state index in [1.54, 1.807) is 0 Å². The van der Waals surface area contributed by atoms with Crippen molar-refractivity contribution in [1.29, 1.82) is 0 Å². The topological polar surface area (TPSA) is 78.4 Å². The van der Waals surface area contributed by atoms with Crippen molar-refractivity contribution in [2.75, 3.05) is 18.4 Å². The number of hydrogen-bond acceptors (Lipinski definition) is 4. The molecule has 110 valence electrons. The van der Waals surface area contributed by atoms with Gasteiger partial charge in [-0.2, -0.15) is 0 Å². The van der Waals surface area contributed by atoms with Gasteiger partial charge in [0, 0.05) is 24.5 Å². The SMILES string of the molecule is Cc1cc(C)nc(NC[C@@H]2CC[C@H](C)CN2C(=O)O)n1. The number of aryl methyl sites for hydroxylation is 2. The third kappa shape index (κ3) is 3.59. The van der Waals surface area contributed by atoms with E-state index in [2.05, 4.69) is 22.2 Å². The highest BCUT2D eigenvalue weighted by Crippen LogP contribution is 2.22. The number of anilines is 1. The van der Waals surface area contributed by atoms with Gasteiger partial charge < -0.3 is 15.3 Å². The van der Waals surface area contributed by atoms with Gasteiger partial charge in [-0.15, -0.1) is 0 Å². The van der Waals surface area contributed by atoms with E-state index in [1.807, 2.05) is 19.9 Å². The standard InChI is InChI=1S/C14H22N4O2/c1-9-4-5-12(18(8-9)14(19)20)7-15-13-16-10(2)6-11(3)17-13/h6,9,12H,4-5,7-8H2,1-3H3,(H,19,20)(H,15,16,17)/t9-,12-/m0/s1. The smallest absolute Gasteiger partial charge is 0.407 e. The number of nitrogens with one attached hydrogen (secondary N) is 1. The monoisotopic (exact) mass is 278 g/mol. The van der Waals surface area contributed by atoms with Crippen molar-refractivity contribution in [2.24, 2.45) is 5.92 Å². The Kier molecular flexibility index (Phi) is 4.42. The molecule has 6 nitrogen and oxygen atoms in total. The lowest BCUT2D eigenvalue weighted by atomic mass is 9.94. The number of hydrogen-bond donors (Lipinski definition) is 2. The molecule has 1 aromatic heterocycles. The number of aromatic nitrogens is 2. The molecule has 0 saturated carbocycles. The van der Waals surface area contributed by atoms with Crippen LogP contribution in [-0.4, -0.2) is 45.2 Å². The van der Waals surface area contributed by atoms with Crippen molar-refractivity contribution in [2.45, 2.75) is 39.7 Å². The van der Waals surface area contributed by atoms with Gasteiger partial charge in [-0.1, -0.05) is 6.92 Å². The average molecular weight is 278 g/mol. The van der Waals surface area contributed by atoms with Crippen molar-refractivity contribution < 1.29 is 9.90 Å². The second-order valence-corrected chi connectivity index (χ2v) is 5.63. The summed E-state index contributed by atoms with van der Waals surface area (Å²) in [6.07, 6.45) is 1.10. The fourth-order valence-electron chi connectivity index (χ4n) is 2.67. The zero-order valence-electron chi connectivity index (χ0n) is 12.3. The van der Waals surface area contributed by atoms with E-state index in [0.29, 0.717) is 25.0 Å². The Morgan fingerprint density at radius 2 is 2.05 bits per heavy atom. The molecule has 2 N–H and O–H groups in total. The molecule has 20 heavy (non-hydrogen) atoms. The highest BCUT2D eigenvalue weighted by Gasteiger charge is 2.29. The van der Waals surface area contributed by atoms with Gasteiger partial charge in [-0.05, 0) is 38.7 Å². The van der Waals surface area contributed by atoms with E-state index in [-0.39, 0.29) is 6.04 Å². The minimum atomic E-state index is -0.843. The van der Waals surface area contributed by atoms with E-state index in [0.717, 1.165) is 24.2 Å². The Hall–Kier alpha value is -1.85. The fraction of sp³-hybridized carbons (Fsp3) is 0.643. The summed E-state index contributed by atoms with van der Waals surface area (Å²) in [4.78, 5) is 21.5. The molecule has 6 heteroatoms. The molecule has 2 rings (SSSR count). The van der Waals surface area contributed by atoms with Gasteiger partial charge in [0.2, 0.25) is 5.95 Å². The molecule has 0 radical (unpaired) electrons. The maximum atomic E-state index is 11.3. The highest BCUT2D eigenvalue weighted by atomic mass is 16.4. The summed E-state index contributed by atoms with van der Waals surface area (Å²) in [5, 5.41) is 12.4. The summed E-state index contributed by atoms with van der Waals surface area (Å²) in [6.45, 7) is 7.10. The van der Waals surface area contributed by atoms with Gasteiger partial charge in [0.1, 0.15) is 0 Å². The first kappa shape index (κ1) is 14.6. The zero-order chi connectivity index (χ0) is 14.7. The van der Waals surface area contributed by atoms with E-state index < -0.39 is 6.09 Å². The molecule has 0 aliphatic carbocycles. The van der Waals surface area contributed by atoms with Gasteiger partial charge >= 0.3 is 6.09 Å². The number of carbonyl (C=O) groups is 1. The number of nitrogens with zero attached hydrogens (tertiary/aromatic N) is 3. The molecular formula is C14H22N4O2. The molecule has 0 bridgehead atoms. The van der Waals surface area contributed by atoms with Crippen LogP contribution in [0.3, 0.4) is 0 Å². The van der Waals surface area contributed by atoms with Crippen LogP contribution in [0.1, 0.15) is 31.2 Å². The predicted molar refractivity (Wildman–Crippen MR) is 76.9 cm³/mol. The minimum absolute atomic E-state index is 0.00637. The van der Waals surface area contributed by atoms with Crippen LogP contribution >= 0.6 is 0 Å². The van der Waals surface area contributed by atoms with Gasteiger partial charge in [-0.3, -0.25) is 0 Å². The normalized spacial score (nSPS) is 22.6. The lowest BCUT2D eigenvalue weighted by molar-refractivity contribution is 0.0941. The molecule has 0 aromatic carbocycles. The molecule has 1 saturated heterocycles. The van der Waals surface area contributed by atoms with Crippen molar-refractivity contribution in [3.8, 4) is 0 Å². The van der Waals surface area contributed by atoms with Crippen LogP contribution in [0, 0.1) is 19.8 Å². The lowest BCUT2D eigenvalue weighted by Gasteiger charge is -2.36. The summed E-state index contributed by atoms with van der Waals surface area (Å²) >= 11 is 0. The van der Waals surface area contributed by atoms with Crippen molar-refractivity contribution in [1.82, 2.24) is 14.9 Å². The van der Waals surface area contributed by atoms with Crippen LogP contribution < -0.4 is 5.32 Å². The summed E-state index contributed by atoms with van der Waals surface area (Å²) in [6, 6.07) is 1.91. The molecule has 1 fully saturated rings. The maximum Gasteiger partial charge on any atom is 0.407 e. The summed E-state index contributed by atoms with van der Waals surface area (Å²) in [5.41, 5.74) is 1.82. The molecular weight excluding hydrogens is 256 g/mol. The van der Waals surface area contributed by atoms with Crippen LogP contribution in [-0.2, 0) is 0 Å². The largest absolute Gasteiger partial charge is 0.465 e. The first-order valence-electron chi connectivity index (χ1n) is 7.01. The second-order valence-electron chi connectivity index (χ2n) is 5.63. The summed E-state index contributed by atoms with van der Waals surface area (Å²) < 4.78 is 0. The van der Waals surface area contributed by atoms with E-state index >= 15 is 0 Å². The van der Waals surface area contributed by atoms with Crippen molar-refractivity contribution in [3.05, 3.63) is 17.5 Å². The number of carboxylic acid groups (broad SMARTS) is 1. The number of rotatable bonds is 3.